The molecule has 0 radical (unpaired) electrons. The molecule has 1 unspecified atom stereocenters. The van der Waals surface area contributed by atoms with Crippen LogP contribution in [0, 0.1) is 0 Å². The highest BCUT2D eigenvalue weighted by atomic mass is 16.6. The average molecular weight is 555 g/mol. The zero-order valence-electron chi connectivity index (χ0n) is 26.7. The number of carbonyl (C=O) groups excluding carboxylic acids is 1. The van der Waals surface area contributed by atoms with E-state index in [1.165, 1.54) is 154 Å². The molecule has 0 heterocycles. The minimum atomic E-state index is -0.522. The standard InChI is InChI=1S/C35H70O4/c1-3-5-7-9-11-13-15-16-17-18-19-20-22-24-26-28-30-35(37)39-34(32-36)33-38-31-29-27-25-23-21-14-12-10-8-6-4-2/h34,36H,3-33H2,1-2H3. The van der Waals surface area contributed by atoms with Crippen LogP contribution in [0.15, 0.2) is 0 Å². The quantitative estimate of drug-likeness (QED) is 0.0647. The summed E-state index contributed by atoms with van der Waals surface area (Å²) in [4.78, 5) is 12.1. The molecule has 0 saturated heterocycles. The highest BCUT2D eigenvalue weighted by Crippen LogP contribution is 2.15. The van der Waals surface area contributed by atoms with E-state index in [0.717, 1.165) is 19.3 Å². The van der Waals surface area contributed by atoms with Crippen LogP contribution >= 0.6 is 0 Å². The summed E-state index contributed by atoms with van der Waals surface area (Å²) in [5.41, 5.74) is 0. The second kappa shape index (κ2) is 33.6. The van der Waals surface area contributed by atoms with Crippen molar-refractivity contribution in [3.8, 4) is 0 Å². The SMILES string of the molecule is CCCCCCCCCCCCCCCCCCC(=O)OC(CO)COCCCCCCCCCCCCC. The van der Waals surface area contributed by atoms with Gasteiger partial charge in [0, 0.05) is 13.0 Å². The fourth-order valence-corrected chi connectivity index (χ4v) is 5.27. The van der Waals surface area contributed by atoms with Crippen LogP contribution in [0.2, 0.25) is 0 Å². The zero-order valence-corrected chi connectivity index (χ0v) is 26.7. The van der Waals surface area contributed by atoms with Gasteiger partial charge in [-0.3, -0.25) is 4.79 Å². The Morgan fingerprint density at radius 2 is 0.846 bits per heavy atom. The normalized spacial score (nSPS) is 12.2. The Morgan fingerprint density at radius 3 is 1.21 bits per heavy atom. The molecule has 0 saturated carbocycles. The Labute approximate surface area is 244 Å². The lowest BCUT2D eigenvalue weighted by atomic mass is 10.0. The van der Waals surface area contributed by atoms with Gasteiger partial charge in [0.15, 0.2) is 0 Å². The third-order valence-electron chi connectivity index (χ3n) is 7.93. The smallest absolute Gasteiger partial charge is 0.306 e. The Balaban J connectivity index is 3.38. The van der Waals surface area contributed by atoms with E-state index in [1.54, 1.807) is 0 Å². The monoisotopic (exact) mass is 555 g/mol. The molecule has 1 N–H and O–H groups in total. The first-order chi connectivity index (χ1) is 19.2. The second-order valence-corrected chi connectivity index (χ2v) is 12.0. The van der Waals surface area contributed by atoms with Crippen molar-refractivity contribution in [3.05, 3.63) is 0 Å². The highest BCUT2D eigenvalue weighted by molar-refractivity contribution is 5.69. The molecule has 4 nitrogen and oxygen atoms in total. The van der Waals surface area contributed by atoms with Crippen molar-refractivity contribution in [2.24, 2.45) is 0 Å². The van der Waals surface area contributed by atoms with Gasteiger partial charge >= 0.3 is 5.97 Å². The number of hydrogen-bond donors (Lipinski definition) is 1. The molecule has 0 aromatic rings. The first kappa shape index (κ1) is 38.4. The maximum Gasteiger partial charge on any atom is 0.306 e. The minimum absolute atomic E-state index is 0.164. The van der Waals surface area contributed by atoms with Crippen molar-refractivity contribution in [1.29, 1.82) is 0 Å². The highest BCUT2D eigenvalue weighted by Gasteiger charge is 2.13. The zero-order chi connectivity index (χ0) is 28.5. The maximum atomic E-state index is 12.1. The molecule has 0 aromatic carbocycles. The van der Waals surface area contributed by atoms with E-state index in [9.17, 15) is 9.90 Å². The summed E-state index contributed by atoms with van der Waals surface area (Å²) in [6, 6.07) is 0. The van der Waals surface area contributed by atoms with E-state index in [1.807, 2.05) is 0 Å². The molecule has 4 heteroatoms. The molecule has 0 aliphatic heterocycles. The van der Waals surface area contributed by atoms with Crippen molar-refractivity contribution in [2.45, 2.75) is 200 Å². The molecule has 0 aliphatic rings. The molecule has 0 fully saturated rings. The van der Waals surface area contributed by atoms with E-state index in [0.29, 0.717) is 19.6 Å². The second-order valence-electron chi connectivity index (χ2n) is 12.0. The van der Waals surface area contributed by atoms with Crippen molar-refractivity contribution in [1.82, 2.24) is 0 Å². The van der Waals surface area contributed by atoms with E-state index in [4.69, 9.17) is 9.47 Å². The summed E-state index contributed by atoms with van der Waals surface area (Å²) in [5.74, 6) is -0.197. The van der Waals surface area contributed by atoms with Crippen LogP contribution in [-0.4, -0.2) is 37.0 Å². The van der Waals surface area contributed by atoms with Gasteiger partial charge in [-0.1, -0.05) is 174 Å². The Hall–Kier alpha value is -0.610. The number of aliphatic hydroxyl groups is 1. The first-order valence-electron chi connectivity index (χ1n) is 17.6. The van der Waals surface area contributed by atoms with E-state index >= 15 is 0 Å². The third kappa shape index (κ3) is 31.8. The molecule has 0 bridgehead atoms. The summed E-state index contributed by atoms with van der Waals surface area (Å²) in [7, 11) is 0. The molecule has 234 valence electrons. The van der Waals surface area contributed by atoms with Gasteiger partial charge in [0.2, 0.25) is 0 Å². The van der Waals surface area contributed by atoms with E-state index < -0.39 is 6.10 Å². The summed E-state index contributed by atoms with van der Waals surface area (Å²) in [5, 5.41) is 9.52. The molecule has 0 rings (SSSR count). The van der Waals surface area contributed by atoms with Gasteiger partial charge in [-0.15, -0.1) is 0 Å². The van der Waals surface area contributed by atoms with Crippen LogP contribution in [0.5, 0.6) is 0 Å². The lowest BCUT2D eigenvalue weighted by Crippen LogP contribution is -2.27. The number of rotatable bonds is 33. The van der Waals surface area contributed by atoms with E-state index in [-0.39, 0.29) is 12.6 Å². The molecule has 0 aromatic heterocycles. The van der Waals surface area contributed by atoms with Gasteiger partial charge in [-0.05, 0) is 12.8 Å². The van der Waals surface area contributed by atoms with Crippen LogP contribution in [-0.2, 0) is 14.3 Å². The van der Waals surface area contributed by atoms with Gasteiger partial charge < -0.3 is 14.6 Å². The lowest BCUT2D eigenvalue weighted by Gasteiger charge is -2.16. The number of unbranched alkanes of at least 4 members (excludes halogenated alkanes) is 25. The third-order valence-corrected chi connectivity index (χ3v) is 7.93. The summed E-state index contributed by atoms with van der Waals surface area (Å²) >= 11 is 0. The molecule has 0 amide bonds. The van der Waals surface area contributed by atoms with Crippen LogP contribution in [0.4, 0.5) is 0 Å². The number of esters is 1. The molecule has 39 heavy (non-hydrogen) atoms. The van der Waals surface area contributed by atoms with Crippen LogP contribution in [0.3, 0.4) is 0 Å². The van der Waals surface area contributed by atoms with Gasteiger partial charge in [0.25, 0.3) is 0 Å². The average Bonchev–Trinajstić information content (AvgIpc) is 2.94. The predicted octanol–water partition coefficient (Wildman–Crippen LogP) is 10.9. The first-order valence-corrected chi connectivity index (χ1v) is 17.6. The number of aliphatic hydroxyl groups excluding tert-OH is 1. The van der Waals surface area contributed by atoms with Crippen molar-refractivity contribution < 1.29 is 19.4 Å². The molecule has 0 aliphatic carbocycles. The van der Waals surface area contributed by atoms with Crippen molar-refractivity contribution in [3.63, 3.8) is 0 Å². The Kier molecular flexibility index (Phi) is 33.1. The fraction of sp³-hybridized carbons (Fsp3) is 0.971. The topological polar surface area (TPSA) is 55.8 Å². The van der Waals surface area contributed by atoms with Gasteiger partial charge in [-0.25, -0.2) is 0 Å². The molecule has 1 atom stereocenters. The summed E-state index contributed by atoms with van der Waals surface area (Å²) in [6.45, 7) is 5.37. The van der Waals surface area contributed by atoms with E-state index in [2.05, 4.69) is 13.8 Å². The molecular formula is C35H70O4. The van der Waals surface area contributed by atoms with Crippen LogP contribution in [0.1, 0.15) is 194 Å². The fourth-order valence-electron chi connectivity index (χ4n) is 5.27. The Morgan fingerprint density at radius 1 is 0.513 bits per heavy atom. The van der Waals surface area contributed by atoms with Gasteiger partial charge in [-0.2, -0.15) is 0 Å². The maximum absolute atomic E-state index is 12.1. The lowest BCUT2D eigenvalue weighted by molar-refractivity contribution is -0.154. The van der Waals surface area contributed by atoms with Gasteiger partial charge in [0.1, 0.15) is 6.10 Å². The number of carbonyl (C=O) groups is 1. The molecular weight excluding hydrogens is 484 g/mol. The molecule has 0 spiro atoms. The summed E-state index contributed by atoms with van der Waals surface area (Å²) in [6.07, 6.45) is 35.6. The minimum Gasteiger partial charge on any atom is -0.457 e. The number of ether oxygens (including phenoxy) is 2. The number of hydrogen-bond acceptors (Lipinski definition) is 4. The van der Waals surface area contributed by atoms with Gasteiger partial charge in [0.05, 0.1) is 13.2 Å². The van der Waals surface area contributed by atoms with Crippen LogP contribution < -0.4 is 0 Å². The van der Waals surface area contributed by atoms with Crippen LogP contribution in [0.25, 0.3) is 0 Å². The van der Waals surface area contributed by atoms with Crippen molar-refractivity contribution in [2.75, 3.05) is 19.8 Å². The summed E-state index contributed by atoms with van der Waals surface area (Å²) < 4.78 is 11.1. The largest absolute Gasteiger partial charge is 0.457 e. The Bertz CT molecular complexity index is 468. The predicted molar refractivity (Wildman–Crippen MR) is 168 cm³/mol. The van der Waals surface area contributed by atoms with Crippen molar-refractivity contribution >= 4 is 5.97 Å².